The smallest absolute Gasteiger partial charge is 0.338 e. The van der Waals surface area contributed by atoms with Crippen LogP contribution in [0.2, 0.25) is 0 Å². The van der Waals surface area contributed by atoms with E-state index in [-0.39, 0.29) is 25.6 Å². The van der Waals surface area contributed by atoms with E-state index in [1.165, 1.54) is 25.5 Å². The zero-order valence-electron chi connectivity index (χ0n) is 24.1. The maximum atomic E-state index is 13.5. The number of rotatable bonds is 12. The highest BCUT2D eigenvalue weighted by Crippen LogP contribution is 2.35. The largest absolute Gasteiger partial charge is 0.493 e. The number of thiocarbonyl (C=S) groups is 1. The van der Waals surface area contributed by atoms with Gasteiger partial charge in [-0.3, -0.25) is 4.79 Å². The van der Waals surface area contributed by atoms with E-state index in [4.69, 9.17) is 31.2 Å². The first-order valence-electron chi connectivity index (χ1n) is 13.4. The van der Waals surface area contributed by atoms with Crippen LogP contribution in [0.1, 0.15) is 36.6 Å². The van der Waals surface area contributed by atoms with Crippen molar-refractivity contribution >= 4 is 58.0 Å². The number of hydrazone groups is 1. The fraction of sp³-hybridized carbons (Fsp3) is 0.226. The van der Waals surface area contributed by atoms with Gasteiger partial charge in [-0.15, -0.1) is 0 Å². The zero-order valence-corrected chi connectivity index (χ0v) is 27.1. The zero-order chi connectivity index (χ0) is 31.6. The van der Waals surface area contributed by atoms with E-state index >= 15 is 0 Å². The SMILES string of the molecule is CCOC(=O)C1=C(C)NC(=S)N[C@@H]1c1ccccc1OCC(=O)NN=Cc1cc(I)c(OCc2cccc(F)c2)c(OC)c1. The Morgan fingerprint density at radius 2 is 1.91 bits per heavy atom. The lowest BCUT2D eigenvalue weighted by Gasteiger charge is -2.30. The molecule has 10 nitrogen and oxygen atoms in total. The van der Waals surface area contributed by atoms with Crippen molar-refractivity contribution in [2.75, 3.05) is 20.3 Å². The Bertz CT molecular complexity index is 1620. The number of benzene rings is 3. The molecule has 0 saturated heterocycles. The topological polar surface area (TPSA) is 120 Å². The number of nitrogens with zero attached hydrogens (tertiary/aromatic N) is 1. The van der Waals surface area contributed by atoms with Crippen LogP contribution in [0.15, 0.2) is 77.0 Å². The number of para-hydroxylation sites is 1. The highest BCUT2D eigenvalue weighted by molar-refractivity contribution is 14.1. The first kappa shape index (κ1) is 32.7. The van der Waals surface area contributed by atoms with E-state index in [2.05, 4.69) is 43.8 Å². The number of nitrogens with one attached hydrogen (secondary N) is 3. The number of carbonyl (C=O) groups excluding carboxylic acids is 2. The lowest BCUT2D eigenvalue weighted by molar-refractivity contribution is -0.139. The number of hydrogen-bond acceptors (Lipinski definition) is 8. The highest BCUT2D eigenvalue weighted by atomic mass is 127. The van der Waals surface area contributed by atoms with Gasteiger partial charge in [-0.1, -0.05) is 30.3 Å². The molecule has 0 unspecified atom stereocenters. The van der Waals surface area contributed by atoms with Crippen molar-refractivity contribution in [1.82, 2.24) is 16.1 Å². The molecule has 13 heteroatoms. The lowest BCUT2D eigenvalue weighted by atomic mass is 9.95. The molecule has 3 aromatic carbocycles. The lowest BCUT2D eigenvalue weighted by Crippen LogP contribution is -2.45. The fourth-order valence-electron chi connectivity index (χ4n) is 4.35. The number of allylic oxidation sites excluding steroid dienone is 1. The maximum absolute atomic E-state index is 13.5. The van der Waals surface area contributed by atoms with Gasteiger partial charge in [0.1, 0.15) is 18.2 Å². The number of amides is 1. The summed E-state index contributed by atoms with van der Waals surface area (Å²) in [5.41, 5.74) is 5.32. The van der Waals surface area contributed by atoms with Crippen LogP contribution in [0.25, 0.3) is 0 Å². The second-order valence-electron chi connectivity index (χ2n) is 9.36. The second-order valence-corrected chi connectivity index (χ2v) is 10.9. The van der Waals surface area contributed by atoms with Gasteiger partial charge in [0.25, 0.3) is 5.91 Å². The van der Waals surface area contributed by atoms with Gasteiger partial charge in [0.15, 0.2) is 23.2 Å². The van der Waals surface area contributed by atoms with Gasteiger partial charge in [0, 0.05) is 11.3 Å². The maximum Gasteiger partial charge on any atom is 0.338 e. The number of hydrogen-bond donors (Lipinski definition) is 3. The Morgan fingerprint density at radius 1 is 1.11 bits per heavy atom. The number of halogens is 2. The van der Waals surface area contributed by atoms with Gasteiger partial charge in [-0.05, 0) is 90.1 Å². The summed E-state index contributed by atoms with van der Waals surface area (Å²) in [6.07, 6.45) is 1.46. The van der Waals surface area contributed by atoms with Gasteiger partial charge in [-0.25, -0.2) is 14.6 Å². The predicted octanol–water partition coefficient (Wildman–Crippen LogP) is 4.90. The average molecular weight is 733 g/mol. The Kier molecular flexibility index (Phi) is 11.5. The van der Waals surface area contributed by atoms with Crippen molar-refractivity contribution in [3.05, 3.63) is 98.0 Å². The molecule has 0 aromatic heterocycles. The molecule has 1 aliphatic heterocycles. The normalized spacial score (nSPS) is 14.5. The van der Waals surface area contributed by atoms with Crippen LogP contribution >= 0.6 is 34.8 Å². The van der Waals surface area contributed by atoms with Crippen LogP contribution in [-0.2, 0) is 20.9 Å². The van der Waals surface area contributed by atoms with E-state index in [1.807, 2.05) is 0 Å². The molecule has 0 saturated carbocycles. The van der Waals surface area contributed by atoms with E-state index in [1.54, 1.807) is 62.4 Å². The van der Waals surface area contributed by atoms with Crippen LogP contribution in [0.4, 0.5) is 4.39 Å². The molecule has 0 aliphatic carbocycles. The molecule has 4 rings (SSSR count). The molecule has 1 amide bonds. The van der Waals surface area contributed by atoms with Crippen LogP contribution in [0.3, 0.4) is 0 Å². The molecule has 0 fully saturated rings. The third-order valence-corrected chi connectivity index (χ3v) is 7.30. The monoisotopic (exact) mass is 732 g/mol. The summed E-state index contributed by atoms with van der Waals surface area (Å²) in [5.74, 6) is 0.0198. The van der Waals surface area contributed by atoms with Crippen LogP contribution in [0, 0.1) is 9.39 Å². The van der Waals surface area contributed by atoms with Crippen molar-refractivity contribution in [3.63, 3.8) is 0 Å². The molecule has 230 valence electrons. The number of methoxy groups -OCH3 is 1. The molecular weight excluding hydrogens is 702 g/mol. The Labute approximate surface area is 273 Å². The minimum atomic E-state index is -0.640. The molecule has 1 atom stereocenters. The van der Waals surface area contributed by atoms with Gasteiger partial charge >= 0.3 is 5.97 Å². The molecule has 0 spiro atoms. The van der Waals surface area contributed by atoms with Crippen molar-refractivity contribution in [2.45, 2.75) is 26.5 Å². The van der Waals surface area contributed by atoms with Gasteiger partial charge in [0.05, 0.1) is 35.1 Å². The summed E-state index contributed by atoms with van der Waals surface area (Å²) >= 11 is 7.42. The molecule has 1 heterocycles. The van der Waals surface area contributed by atoms with Gasteiger partial charge in [0.2, 0.25) is 0 Å². The number of ether oxygens (including phenoxy) is 4. The number of esters is 1. The molecule has 3 N–H and O–H groups in total. The minimum Gasteiger partial charge on any atom is -0.493 e. The Balaban J connectivity index is 1.40. The summed E-state index contributed by atoms with van der Waals surface area (Å²) < 4.78 is 36.7. The minimum absolute atomic E-state index is 0.164. The number of carbonyl (C=O) groups is 2. The third kappa shape index (κ3) is 8.44. The standard InChI is InChI=1S/C31H30FIN4O6S/c1-4-41-30(39)27-18(2)35-31(44)36-28(27)22-10-5-6-11-24(22)42-17-26(38)37-34-15-20-13-23(33)29(25(14-20)40-3)43-16-19-8-7-9-21(32)12-19/h5-15,28H,4,16-17H2,1-3H3,(H,37,38)(H2,35,36,44)/t28-/m1/s1. The summed E-state index contributed by atoms with van der Waals surface area (Å²) in [7, 11) is 1.51. The fourth-order valence-corrected chi connectivity index (χ4v) is 5.40. The summed E-state index contributed by atoms with van der Waals surface area (Å²) in [6.45, 7) is 3.51. The first-order chi connectivity index (χ1) is 21.2. The van der Waals surface area contributed by atoms with Gasteiger partial charge in [-0.2, -0.15) is 5.10 Å². The van der Waals surface area contributed by atoms with Crippen LogP contribution in [0.5, 0.6) is 17.2 Å². The summed E-state index contributed by atoms with van der Waals surface area (Å²) in [6, 6.07) is 16.1. The second kappa shape index (κ2) is 15.5. The molecule has 1 aliphatic rings. The van der Waals surface area contributed by atoms with Crippen LogP contribution in [-0.4, -0.2) is 43.5 Å². The molecule has 0 radical (unpaired) electrons. The molecule has 0 bridgehead atoms. The highest BCUT2D eigenvalue weighted by Gasteiger charge is 2.32. The molecule has 3 aromatic rings. The molecular formula is C31H30FIN4O6S. The van der Waals surface area contributed by atoms with Crippen molar-refractivity contribution in [2.24, 2.45) is 5.10 Å². The summed E-state index contributed by atoms with van der Waals surface area (Å²) in [4.78, 5) is 25.3. The van der Waals surface area contributed by atoms with Crippen molar-refractivity contribution in [3.8, 4) is 17.2 Å². The Hall–Kier alpha value is -4.24. The van der Waals surface area contributed by atoms with Crippen molar-refractivity contribution < 1.29 is 32.9 Å². The average Bonchev–Trinajstić information content (AvgIpc) is 2.99. The van der Waals surface area contributed by atoms with E-state index < -0.39 is 17.9 Å². The third-order valence-electron chi connectivity index (χ3n) is 6.28. The first-order valence-corrected chi connectivity index (χ1v) is 14.9. The van der Waals surface area contributed by atoms with E-state index in [0.29, 0.717) is 50.3 Å². The van der Waals surface area contributed by atoms with Crippen LogP contribution < -0.4 is 30.3 Å². The predicted molar refractivity (Wildman–Crippen MR) is 175 cm³/mol. The summed E-state index contributed by atoms with van der Waals surface area (Å²) in [5, 5.41) is 10.4. The van der Waals surface area contributed by atoms with Gasteiger partial charge < -0.3 is 29.6 Å². The van der Waals surface area contributed by atoms with E-state index in [0.717, 1.165) is 3.57 Å². The van der Waals surface area contributed by atoms with E-state index in [9.17, 15) is 14.0 Å². The quantitative estimate of drug-likeness (QED) is 0.0786. The Morgan fingerprint density at radius 3 is 2.66 bits per heavy atom. The van der Waals surface area contributed by atoms with Crippen molar-refractivity contribution in [1.29, 1.82) is 0 Å². The molecule has 44 heavy (non-hydrogen) atoms.